The molecule has 2 atom stereocenters. The van der Waals surface area contributed by atoms with E-state index in [9.17, 15) is 9.18 Å². The fourth-order valence-electron chi connectivity index (χ4n) is 2.10. The average molecular weight is 271 g/mol. The highest BCUT2D eigenvalue weighted by molar-refractivity contribution is 5.74. The normalized spacial score (nSPS) is 22.2. The van der Waals surface area contributed by atoms with Crippen molar-refractivity contribution in [1.82, 2.24) is 4.90 Å². The predicted octanol–water partition coefficient (Wildman–Crippen LogP) is 1.47. The molecule has 1 aliphatic heterocycles. The highest BCUT2D eigenvalue weighted by Crippen LogP contribution is 2.24. The van der Waals surface area contributed by atoms with E-state index < -0.39 is 12.1 Å². The third kappa shape index (κ3) is 3.54. The first-order valence-electron chi connectivity index (χ1n) is 6.22. The number of esters is 1. The van der Waals surface area contributed by atoms with Crippen molar-refractivity contribution in [3.05, 3.63) is 23.7 Å². The van der Waals surface area contributed by atoms with Crippen molar-refractivity contribution >= 4 is 5.97 Å². The number of nitrogens with zero attached hydrogens (tertiary/aromatic N) is 1. The lowest BCUT2D eigenvalue weighted by Gasteiger charge is -2.32. The standard InChI is InChI=1S/C13H18FNO4/c1-9-3-4-11(19-9)12-8-15(5-6-18-12)7-10(14)13(16)17-2/h3-4,10,12H,5-8H2,1-2H3/t10-,12+/m0/s1. The molecule has 1 aromatic heterocycles. The molecule has 1 saturated heterocycles. The number of methoxy groups -OCH3 is 1. The van der Waals surface area contributed by atoms with E-state index in [1.54, 1.807) is 0 Å². The van der Waals surface area contributed by atoms with E-state index in [0.717, 1.165) is 11.5 Å². The summed E-state index contributed by atoms with van der Waals surface area (Å²) in [5, 5.41) is 0. The predicted molar refractivity (Wildman–Crippen MR) is 65.5 cm³/mol. The summed E-state index contributed by atoms with van der Waals surface area (Å²) in [6, 6.07) is 3.72. The molecule has 0 bridgehead atoms. The van der Waals surface area contributed by atoms with Gasteiger partial charge in [-0.25, -0.2) is 9.18 Å². The molecule has 0 spiro atoms. The maximum atomic E-state index is 13.5. The third-order valence-electron chi connectivity index (χ3n) is 3.10. The molecule has 106 valence electrons. The summed E-state index contributed by atoms with van der Waals surface area (Å²) in [7, 11) is 1.18. The Balaban J connectivity index is 1.92. The van der Waals surface area contributed by atoms with Crippen LogP contribution in [-0.2, 0) is 14.3 Å². The van der Waals surface area contributed by atoms with Crippen LogP contribution in [0.25, 0.3) is 0 Å². The fourth-order valence-corrected chi connectivity index (χ4v) is 2.10. The average Bonchev–Trinajstić information content (AvgIpc) is 2.84. The Morgan fingerprint density at radius 3 is 3.05 bits per heavy atom. The molecule has 5 nitrogen and oxygen atoms in total. The molecule has 1 aromatic rings. The minimum absolute atomic E-state index is 0.0201. The molecule has 1 aliphatic rings. The number of alkyl halides is 1. The van der Waals surface area contributed by atoms with Gasteiger partial charge in [-0.05, 0) is 19.1 Å². The van der Waals surface area contributed by atoms with Crippen molar-refractivity contribution in [3.63, 3.8) is 0 Å². The lowest BCUT2D eigenvalue weighted by Crippen LogP contribution is -2.43. The Hall–Kier alpha value is -1.40. The molecule has 0 amide bonds. The van der Waals surface area contributed by atoms with Gasteiger partial charge in [0, 0.05) is 19.6 Å². The summed E-state index contributed by atoms with van der Waals surface area (Å²) in [5.41, 5.74) is 0. The number of carbonyl (C=O) groups is 1. The summed E-state index contributed by atoms with van der Waals surface area (Å²) in [6.45, 7) is 3.46. The molecule has 0 radical (unpaired) electrons. The van der Waals surface area contributed by atoms with Crippen LogP contribution in [0.15, 0.2) is 16.5 Å². The number of hydrogen-bond acceptors (Lipinski definition) is 5. The van der Waals surface area contributed by atoms with E-state index in [1.807, 2.05) is 24.0 Å². The minimum Gasteiger partial charge on any atom is -0.467 e. The maximum Gasteiger partial charge on any atom is 0.341 e. The van der Waals surface area contributed by atoms with Crippen molar-refractivity contribution in [2.75, 3.05) is 33.4 Å². The summed E-state index contributed by atoms with van der Waals surface area (Å²) in [6.07, 6.45) is -1.84. The van der Waals surface area contributed by atoms with Crippen LogP contribution in [0.4, 0.5) is 4.39 Å². The van der Waals surface area contributed by atoms with Crippen LogP contribution in [0.5, 0.6) is 0 Å². The zero-order chi connectivity index (χ0) is 13.8. The van der Waals surface area contributed by atoms with Gasteiger partial charge < -0.3 is 13.9 Å². The summed E-state index contributed by atoms with van der Waals surface area (Å²) >= 11 is 0. The number of furan rings is 1. The first kappa shape index (κ1) is 14.0. The quantitative estimate of drug-likeness (QED) is 0.776. The van der Waals surface area contributed by atoms with Gasteiger partial charge in [0.05, 0.1) is 13.7 Å². The topological polar surface area (TPSA) is 51.9 Å². The number of halogens is 1. The van der Waals surface area contributed by atoms with Crippen LogP contribution in [0.1, 0.15) is 17.6 Å². The Bertz CT molecular complexity index is 434. The van der Waals surface area contributed by atoms with Crippen LogP contribution < -0.4 is 0 Å². The molecule has 19 heavy (non-hydrogen) atoms. The largest absolute Gasteiger partial charge is 0.467 e. The second kappa shape index (κ2) is 6.16. The van der Waals surface area contributed by atoms with Gasteiger partial charge in [0.2, 0.25) is 6.17 Å². The summed E-state index contributed by atoms with van der Waals surface area (Å²) < 4.78 is 29.0. The van der Waals surface area contributed by atoms with Gasteiger partial charge in [-0.3, -0.25) is 4.90 Å². The number of carbonyl (C=O) groups excluding carboxylic acids is 1. The monoisotopic (exact) mass is 271 g/mol. The molecular formula is C13H18FNO4. The SMILES string of the molecule is COC(=O)[C@@H](F)CN1CCO[C@@H](c2ccc(C)o2)C1. The first-order valence-corrected chi connectivity index (χ1v) is 6.22. The first-order chi connectivity index (χ1) is 9.10. The van der Waals surface area contributed by atoms with Crippen LogP contribution >= 0.6 is 0 Å². The number of hydrogen-bond donors (Lipinski definition) is 0. The van der Waals surface area contributed by atoms with Crippen LogP contribution in [0.3, 0.4) is 0 Å². The highest BCUT2D eigenvalue weighted by atomic mass is 19.1. The second-order valence-corrected chi connectivity index (χ2v) is 4.56. The van der Waals surface area contributed by atoms with E-state index in [-0.39, 0.29) is 12.6 Å². The highest BCUT2D eigenvalue weighted by Gasteiger charge is 2.28. The van der Waals surface area contributed by atoms with E-state index in [4.69, 9.17) is 9.15 Å². The zero-order valence-corrected chi connectivity index (χ0v) is 11.1. The van der Waals surface area contributed by atoms with Gasteiger partial charge in [0.15, 0.2) is 0 Å². The van der Waals surface area contributed by atoms with Crippen molar-refractivity contribution in [2.45, 2.75) is 19.2 Å². The molecule has 0 aromatic carbocycles. The summed E-state index contributed by atoms with van der Waals surface area (Å²) in [5.74, 6) is 0.709. The Kier molecular flexibility index (Phi) is 4.55. The lowest BCUT2D eigenvalue weighted by atomic mass is 10.2. The van der Waals surface area contributed by atoms with Gasteiger partial charge >= 0.3 is 5.97 Å². The van der Waals surface area contributed by atoms with Gasteiger partial charge in [-0.2, -0.15) is 0 Å². The lowest BCUT2D eigenvalue weighted by molar-refractivity contribution is -0.148. The van der Waals surface area contributed by atoms with Crippen LogP contribution in [0.2, 0.25) is 0 Å². The van der Waals surface area contributed by atoms with Gasteiger partial charge in [-0.15, -0.1) is 0 Å². The molecule has 0 aliphatic carbocycles. The number of ether oxygens (including phenoxy) is 2. The van der Waals surface area contributed by atoms with E-state index >= 15 is 0 Å². The van der Waals surface area contributed by atoms with Crippen molar-refractivity contribution < 1.29 is 23.1 Å². The zero-order valence-electron chi connectivity index (χ0n) is 11.1. The van der Waals surface area contributed by atoms with Crippen molar-refractivity contribution in [1.29, 1.82) is 0 Å². The molecule has 6 heteroatoms. The van der Waals surface area contributed by atoms with Crippen molar-refractivity contribution in [2.24, 2.45) is 0 Å². The minimum atomic E-state index is -1.62. The van der Waals surface area contributed by atoms with Crippen molar-refractivity contribution in [3.8, 4) is 0 Å². The molecule has 0 N–H and O–H groups in total. The van der Waals surface area contributed by atoms with Crippen LogP contribution in [-0.4, -0.2) is 50.4 Å². The number of aryl methyl sites for hydroxylation is 1. The summed E-state index contributed by atoms with van der Waals surface area (Å²) in [4.78, 5) is 12.9. The van der Waals surface area contributed by atoms with E-state index in [2.05, 4.69) is 4.74 Å². The van der Waals surface area contributed by atoms with Gasteiger partial charge in [0.1, 0.15) is 17.6 Å². The van der Waals surface area contributed by atoms with E-state index in [0.29, 0.717) is 19.7 Å². The molecule has 1 fully saturated rings. The Labute approximate surface area is 111 Å². The fraction of sp³-hybridized carbons (Fsp3) is 0.615. The molecule has 0 unspecified atom stereocenters. The van der Waals surface area contributed by atoms with E-state index in [1.165, 1.54) is 7.11 Å². The molecule has 2 heterocycles. The molecular weight excluding hydrogens is 253 g/mol. The number of morpholine rings is 1. The van der Waals surface area contributed by atoms with Crippen LogP contribution in [0, 0.1) is 6.92 Å². The smallest absolute Gasteiger partial charge is 0.341 e. The Morgan fingerprint density at radius 2 is 2.42 bits per heavy atom. The molecule has 0 saturated carbocycles. The number of rotatable bonds is 4. The van der Waals surface area contributed by atoms with Gasteiger partial charge in [0.25, 0.3) is 0 Å². The van der Waals surface area contributed by atoms with Gasteiger partial charge in [-0.1, -0.05) is 0 Å². The third-order valence-corrected chi connectivity index (χ3v) is 3.10. The molecule has 2 rings (SSSR count). The Morgan fingerprint density at radius 1 is 1.63 bits per heavy atom. The maximum absolute atomic E-state index is 13.5. The second-order valence-electron chi connectivity index (χ2n) is 4.56.